The van der Waals surface area contributed by atoms with E-state index >= 15 is 0 Å². The van der Waals surface area contributed by atoms with Crippen LogP contribution in [-0.2, 0) is 6.42 Å². The zero-order valence-corrected chi connectivity index (χ0v) is 12.8. The van der Waals surface area contributed by atoms with Crippen molar-refractivity contribution in [3.8, 4) is 0 Å². The lowest BCUT2D eigenvalue weighted by Gasteiger charge is -2.36. The lowest BCUT2D eigenvalue weighted by molar-refractivity contribution is 0.341. The van der Waals surface area contributed by atoms with Gasteiger partial charge in [-0.15, -0.1) is 0 Å². The first-order valence-corrected chi connectivity index (χ1v) is 7.88. The van der Waals surface area contributed by atoms with Gasteiger partial charge in [-0.3, -0.25) is 0 Å². The van der Waals surface area contributed by atoms with E-state index < -0.39 is 0 Å². The number of aryl methyl sites for hydroxylation is 1. The molecule has 0 atom stereocenters. The van der Waals surface area contributed by atoms with Gasteiger partial charge in [0.15, 0.2) is 0 Å². The van der Waals surface area contributed by atoms with Crippen molar-refractivity contribution < 1.29 is 0 Å². The summed E-state index contributed by atoms with van der Waals surface area (Å²) in [6.45, 7) is 4.60. The summed E-state index contributed by atoms with van der Waals surface area (Å²) >= 11 is 0. The largest absolute Gasteiger partial charge is 0.371 e. The van der Waals surface area contributed by atoms with E-state index in [1.807, 2.05) is 12.4 Å². The van der Waals surface area contributed by atoms with Crippen molar-refractivity contribution in [3.63, 3.8) is 0 Å². The van der Waals surface area contributed by atoms with E-state index in [-0.39, 0.29) is 0 Å². The Morgan fingerprint density at radius 2 is 2.05 bits per heavy atom. The topological polar surface area (TPSA) is 31.9 Å². The van der Waals surface area contributed by atoms with Gasteiger partial charge in [-0.25, -0.2) is 4.98 Å². The molecule has 3 nitrogen and oxygen atoms in total. The third-order valence-electron chi connectivity index (χ3n) is 4.90. The molecule has 1 N–H and O–H groups in total. The van der Waals surface area contributed by atoms with Crippen LogP contribution < -0.4 is 4.90 Å². The van der Waals surface area contributed by atoms with Crippen molar-refractivity contribution in [1.82, 2.24) is 9.97 Å². The van der Waals surface area contributed by atoms with Crippen LogP contribution in [0, 0.1) is 5.92 Å². The minimum atomic E-state index is 0.678. The first-order valence-electron chi connectivity index (χ1n) is 7.88. The molecule has 2 aromatic rings. The number of aromatic nitrogens is 2. The van der Waals surface area contributed by atoms with Gasteiger partial charge in [0, 0.05) is 30.9 Å². The van der Waals surface area contributed by atoms with E-state index in [1.54, 1.807) is 0 Å². The average Bonchev–Trinajstić information content (AvgIpc) is 2.94. The summed E-state index contributed by atoms with van der Waals surface area (Å²) in [7, 11) is 2.27. The molecular weight excluding hydrogens is 246 g/mol. The predicted octanol–water partition coefficient (Wildman–Crippen LogP) is 4.14. The number of nitrogens with one attached hydrogen (secondary N) is 1. The Kier molecular flexibility index (Phi) is 3.68. The fourth-order valence-electron chi connectivity index (χ4n) is 3.52. The maximum absolute atomic E-state index is 4.53. The predicted molar refractivity (Wildman–Crippen MR) is 85.3 cm³/mol. The van der Waals surface area contributed by atoms with E-state index in [0.717, 1.165) is 18.0 Å². The molecule has 1 aliphatic carbocycles. The molecule has 0 aromatic carbocycles. The number of rotatable bonds is 3. The van der Waals surface area contributed by atoms with Crippen LogP contribution in [0.25, 0.3) is 11.0 Å². The number of hydrogen-bond acceptors (Lipinski definition) is 2. The monoisotopic (exact) mass is 271 g/mol. The van der Waals surface area contributed by atoms with E-state index in [1.165, 1.54) is 42.3 Å². The Balaban J connectivity index is 1.97. The van der Waals surface area contributed by atoms with Gasteiger partial charge in [0.05, 0.1) is 5.69 Å². The Labute approximate surface area is 121 Å². The normalized spacial score (nSPS) is 23.1. The average molecular weight is 271 g/mol. The summed E-state index contributed by atoms with van der Waals surface area (Å²) in [6.07, 6.45) is 10.4. The molecule has 0 saturated heterocycles. The summed E-state index contributed by atoms with van der Waals surface area (Å²) < 4.78 is 0. The highest BCUT2D eigenvalue weighted by atomic mass is 15.1. The second-order valence-corrected chi connectivity index (χ2v) is 6.25. The quantitative estimate of drug-likeness (QED) is 0.909. The van der Waals surface area contributed by atoms with Crippen molar-refractivity contribution in [1.29, 1.82) is 0 Å². The maximum Gasteiger partial charge on any atom is 0.139 e. The van der Waals surface area contributed by atoms with Crippen LogP contribution in [0.15, 0.2) is 18.5 Å². The second-order valence-electron chi connectivity index (χ2n) is 6.25. The highest BCUT2D eigenvalue weighted by Gasteiger charge is 2.24. The van der Waals surface area contributed by atoms with Gasteiger partial charge in [0.25, 0.3) is 0 Å². The molecule has 1 saturated carbocycles. The first kappa shape index (κ1) is 13.5. The van der Waals surface area contributed by atoms with Gasteiger partial charge < -0.3 is 9.88 Å². The molecule has 108 valence electrons. The summed E-state index contributed by atoms with van der Waals surface area (Å²) in [5.41, 5.74) is 3.75. The highest BCUT2D eigenvalue weighted by molar-refractivity contribution is 5.91. The van der Waals surface area contributed by atoms with Gasteiger partial charge in [0.1, 0.15) is 5.65 Å². The molecule has 20 heavy (non-hydrogen) atoms. The number of nitrogens with zero attached hydrogens (tertiary/aromatic N) is 2. The van der Waals surface area contributed by atoms with Crippen molar-refractivity contribution in [3.05, 3.63) is 24.0 Å². The molecule has 3 heteroatoms. The molecule has 1 fully saturated rings. The standard InChI is InChI=1S/C17H25N3/c1-4-13-11-19-17-15(9-10-18-17)16(13)20(3)14-7-5-12(2)6-8-14/h9-12,14H,4-8H2,1-3H3,(H,18,19). The molecule has 0 bridgehead atoms. The smallest absolute Gasteiger partial charge is 0.139 e. The van der Waals surface area contributed by atoms with Crippen molar-refractivity contribution in [2.45, 2.75) is 52.0 Å². The van der Waals surface area contributed by atoms with E-state index in [0.29, 0.717) is 6.04 Å². The lowest BCUT2D eigenvalue weighted by atomic mass is 9.86. The number of H-pyrrole nitrogens is 1. The number of hydrogen-bond donors (Lipinski definition) is 1. The number of fused-ring (bicyclic) bond motifs is 1. The van der Waals surface area contributed by atoms with Crippen LogP contribution in [0.1, 0.15) is 45.1 Å². The highest BCUT2D eigenvalue weighted by Crippen LogP contribution is 2.34. The summed E-state index contributed by atoms with van der Waals surface area (Å²) in [6, 6.07) is 2.84. The fourth-order valence-corrected chi connectivity index (χ4v) is 3.52. The van der Waals surface area contributed by atoms with E-state index in [2.05, 4.69) is 41.8 Å². The van der Waals surface area contributed by atoms with Crippen LogP contribution in [0.3, 0.4) is 0 Å². The molecule has 0 radical (unpaired) electrons. The number of pyridine rings is 1. The summed E-state index contributed by atoms with van der Waals surface area (Å²) in [4.78, 5) is 10.3. The third kappa shape index (κ3) is 2.30. The maximum atomic E-state index is 4.53. The van der Waals surface area contributed by atoms with Crippen LogP contribution in [0.2, 0.25) is 0 Å². The molecular formula is C17H25N3. The van der Waals surface area contributed by atoms with Crippen LogP contribution in [-0.4, -0.2) is 23.1 Å². The molecule has 0 unspecified atom stereocenters. The SMILES string of the molecule is CCc1cnc2[nH]ccc2c1N(C)C1CCC(C)CC1. The first-order chi connectivity index (χ1) is 9.70. The second kappa shape index (κ2) is 5.47. The number of aromatic amines is 1. The van der Waals surface area contributed by atoms with E-state index in [4.69, 9.17) is 0 Å². The molecule has 3 rings (SSSR count). The van der Waals surface area contributed by atoms with Crippen molar-refractivity contribution >= 4 is 16.7 Å². The van der Waals surface area contributed by atoms with Gasteiger partial charge in [-0.1, -0.05) is 13.8 Å². The Morgan fingerprint density at radius 1 is 1.30 bits per heavy atom. The number of anilines is 1. The molecule has 0 amide bonds. The van der Waals surface area contributed by atoms with Crippen molar-refractivity contribution in [2.24, 2.45) is 5.92 Å². The Morgan fingerprint density at radius 3 is 2.75 bits per heavy atom. The summed E-state index contributed by atoms with van der Waals surface area (Å²) in [5.74, 6) is 0.898. The Bertz CT molecular complexity index is 579. The molecule has 1 aliphatic rings. The minimum Gasteiger partial charge on any atom is -0.371 e. The van der Waals surface area contributed by atoms with Crippen LogP contribution in [0.5, 0.6) is 0 Å². The Hall–Kier alpha value is -1.51. The minimum absolute atomic E-state index is 0.678. The lowest BCUT2D eigenvalue weighted by Crippen LogP contribution is -2.35. The van der Waals surface area contributed by atoms with Crippen LogP contribution >= 0.6 is 0 Å². The molecule has 0 aliphatic heterocycles. The zero-order valence-electron chi connectivity index (χ0n) is 12.8. The van der Waals surface area contributed by atoms with Crippen LogP contribution in [0.4, 0.5) is 5.69 Å². The van der Waals surface area contributed by atoms with Gasteiger partial charge in [-0.2, -0.15) is 0 Å². The van der Waals surface area contributed by atoms with Gasteiger partial charge in [0.2, 0.25) is 0 Å². The third-order valence-corrected chi connectivity index (χ3v) is 4.90. The zero-order chi connectivity index (χ0) is 14.1. The molecule has 2 aromatic heterocycles. The van der Waals surface area contributed by atoms with Gasteiger partial charge in [-0.05, 0) is 49.7 Å². The van der Waals surface area contributed by atoms with E-state index in [9.17, 15) is 0 Å². The fraction of sp³-hybridized carbons (Fsp3) is 0.588. The summed E-state index contributed by atoms with van der Waals surface area (Å²) in [5, 5.41) is 1.27. The van der Waals surface area contributed by atoms with Crippen molar-refractivity contribution in [2.75, 3.05) is 11.9 Å². The molecule has 0 spiro atoms. The molecule has 2 heterocycles. The van der Waals surface area contributed by atoms with Gasteiger partial charge >= 0.3 is 0 Å².